The van der Waals surface area contributed by atoms with Gasteiger partial charge in [0.05, 0.1) is 6.10 Å². The van der Waals surface area contributed by atoms with E-state index in [0.717, 1.165) is 31.6 Å². The predicted molar refractivity (Wildman–Crippen MR) is 118 cm³/mol. The fraction of sp³-hybridized carbons (Fsp3) is 0.957. The highest BCUT2D eigenvalue weighted by molar-refractivity contribution is 5.80. The maximum atomic E-state index is 6.03. The molecule has 1 saturated carbocycles. The molecular formula is C23H44N4O. The van der Waals surface area contributed by atoms with Gasteiger partial charge in [-0.2, -0.15) is 0 Å². The van der Waals surface area contributed by atoms with Crippen LogP contribution >= 0.6 is 0 Å². The van der Waals surface area contributed by atoms with E-state index >= 15 is 0 Å². The summed E-state index contributed by atoms with van der Waals surface area (Å²) < 4.78 is 6.03. The topological polar surface area (TPSA) is 40.1 Å². The first-order valence-corrected chi connectivity index (χ1v) is 12.1. The number of hydrogen-bond acceptors (Lipinski definition) is 3. The number of unbranched alkanes of at least 4 members (excludes halogenated alkanes) is 2. The first kappa shape index (κ1) is 21.9. The van der Waals surface area contributed by atoms with Gasteiger partial charge in [-0.05, 0) is 70.4 Å². The van der Waals surface area contributed by atoms with Crippen LogP contribution < -0.4 is 5.32 Å². The van der Waals surface area contributed by atoms with E-state index in [1.165, 1.54) is 103 Å². The number of likely N-dealkylation sites (tertiary alicyclic amines) is 2. The SMILES string of the molecule is CN=C(NCCCCCOC1CCCCC1)N1CCC(CN2CCCCC2)C1. The molecule has 5 nitrogen and oxygen atoms in total. The number of rotatable bonds is 9. The third-order valence-corrected chi connectivity index (χ3v) is 6.77. The van der Waals surface area contributed by atoms with E-state index in [-0.39, 0.29) is 0 Å². The van der Waals surface area contributed by atoms with Crippen LogP contribution in [0.15, 0.2) is 4.99 Å². The molecule has 5 heteroatoms. The Morgan fingerprint density at radius 3 is 2.50 bits per heavy atom. The highest BCUT2D eigenvalue weighted by atomic mass is 16.5. The van der Waals surface area contributed by atoms with Gasteiger partial charge >= 0.3 is 0 Å². The van der Waals surface area contributed by atoms with Gasteiger partial charge in [0, 0.05) is 39.8 Å². The molecule has 3 fully saturated rings. The lowest BCUT2D eigenvalue weighted by molar-refractivity contribution is 0.0264. The Morgan fingerprint density at radius 1 is 0.929 bits per heavy atom. The third-order valence-electron chi connectivity index (χ3n) is 6.77. The third kappa shape index (κ3) is 7.55. The molecule has 0 aromatic carbocycles. The van der Waals surface area contributed by atoms with Crippen molar-refractivity contribution in [1.29, 1.82) is 0 Å². The first-order chi connectivity index (χ1) is 13.8. The molecule has 3 rings (SSSR count). The van der Waals surface area contributed by atoms with Gasteiger partial charge in [0.1, 0.15) is 0 Å². The minimum absolute atomic E-state index is 0.554. The van der Waals surface area contributed by atoms with E-state index in [2.05, 4.69) is 20.1 Å². The Morgan fingerprint density at radius 2 is 1.71 bits per heavy atom. The lowest BCUT2D eigenvalue weighted by Crippen LogP contribution is -2.41. The first-order valence-electron chi connectivity index (χ1n) is 12.1. The Balaban J connectivity index is 1.22. The van der Waals surface area contributed by atoms with Gasteiger partial charge in [-0.25, -0.2) is 0 Å². The summed E-state index contributed by atoms with van der Waals surface area (Å²) in [5, 5.41) is 3.60. The maximum Gasteiger partial charge on any atom is 0.193 e. The zero-order valence-electron chi connectivity index (χ0n) is 18.3. The molecule has 1 atom stereocenters. The molecule has 1 unspecified atom stereocenters. The van der Waals surface area contributed by atoms with Crippen LogP contribution in [0.1, 0.15) is 77.0 Å². The summed E-state index contributed by atoms with van der Waals surface area (Å²) in [7, 11) is 1.93. The Hall–Kier alpha value is -0.810. The summed E-state index contributed by atoms with van der Waals surface area (Å²) in [6.07, 6.45) is 16.4. The second-order valence-corrected chi connectivity index (χ2v) is 9.13. The van der Waals surface area contributed by atoms with Crippen molar-refractivity contribution in [3.63, 3.8) is 0 Å². The van der Waals surface area contributed by atoms with Crippen molar-refractivity contribution in [2.24, 2.45) is 10.9 Å². The summed E-state index contributed by atoms with van der Waals surface area (Å²) in [6.45, 7) is 8.22. The molecule has 1 N–H and O–H groups in total. The quantitative estimate of drug-likeness (QED) is 0.367. The fourth-order valence-corrected chi connectivity index (χ4v) is 5.10. The zero-order valence-corrected chi connectivity index (χ0v) is 18.3. The second kappa shape index (κ2) is 12.7. The van der Waals surface area contributed by atoms with Gasteiger partial charge in [0.25, 0.3) is 0 Å². The average molecular weight is 393 g/mol. The van der Waals surface area contributed by atoms with E-state index in [0.29, 0.717) is 6.10 Å². The van der Waals surface area contributed by atoms with Gasteiger partial charge in [0.2, 0.25) is 0 Å². The number of nitrogens with zero attached hydrogens (tertiary/aromatic N) is 3. The lowest BCUT2D eigenvalue weighted by atomic mass is 9.98. The Bertz CT molecular complexity index is 444. The van der Waals surface area contributed by atoms with Crippen molar-refractivity contribution in [2.75, 3.05) is 52.9 Å². The summed E-state index contributed by atoms with van der Waals surface area (Å²) >= 11 is 0. The van der Waals surface area contributed by atoms with Crippen molar-refractivity contribution >= 4 is 5.96 Å². The molecule has 0 bridgehead atoms. The van der Waals surface area contributed by atoms with Crippen LogP contribution in [0.3, 0.4) is 0 Å². The van der Waals surface area contributed by atoms with Crippen LogP contribution in [0.2, 0.25) is 0 Å². The monoisotopic (exact) mass is 392 g/mol. The van der Waals surface area contributed by atoms with Gasteiger partial charge in [-0.15, -0.1) is 0 Å². The summed E-state index contributed by atoms with van der Waals surface area (Å²) in [5.74, 6) is 1.92. The molecule has 0 spiro atoms. The average Bonchev–Trinajstić information content (AvgIpc) is 3.20. The zero-order chi connectivity index (χ0) is 19.4. The number of guanidine groups is 1. The Kier molecular flexibility index (Phi) is 9.92. The molecule has 0 radical (unpaired) electrons. The molecule has 0 amide bonds. The molecule has 28 heavy (non-hydrogen) atoms. The molecule has 2 aliphatic heterocycles. The van der Waals surface area contributed by atoms with Gasteiger partial charge < -0.3 is 19.9 Å². The largest absolute Gasteiger partial charge is 0.378 e. The predicted octanol–water partition coefficient (Wildman–Crippen LogP) is 3.89. The Labute approximate surface area is 173 Å². The summed E-state index contributed by atoms with van der Waals surface area (Å²) in [4.78, 5) is 9.70. The van der Waals surface area contributed by atoms with E-state index < -0.39 is 0 Å². The van der Waals surface area contributed by atoms with E-state index in [1.807, 2.05) is 7.05 Å². The highest BCUT2D eigenvalue weighted by Crippen LogP contribution is 2.21. The minimum Gasteiger partial charge on any atom is -0.378 e. The molecule has 2 saturated heterocycles. The summed E-state index contributed by atoms with van der Waals surface area (Å²) in [6, 6.07) is 0. The van der Waals surface area contributed by atoms with Gasteiger partial charge in [-0.1, -0.05) is 25.7 Å². The molecule has 3 aliphatic rings. The second-order valence-electron chi connectivity index (χ2n) is 9.13. The highest BCUT2D eigenvalue weighted by Gasteiger charge is 2.26. The lowest BCUT2D eigenvalue weighted by Gasteiger charge is -2.29. The van der Waals surface area contributed by atoms with Gasteiger partial charge in [0.15, 0.2) is 5.96 Å². The molecule has 0 aromatic rings. The molecular weight excluding hydrogens is 348 g/mol. The van der Waals surface area contributed by atoms with Crippen molar-refractivity contribution in [3.8, 4) is 0 Å². The smallest absolute Gasteiger partial charge is 0.193 e. The number of hydrogen-bond donors (Lipinski definition) is 1. The van der Waals surface area contributed by atoms with Crippen molar-refractivity contribution in [3.05, 3.63) is 0 Å². The van der Waals surface area contributed by atoms with Crippen LogP contribution in [0.5, 0.6) is 0 Å². The van der Waals surface area contributed by atoms with E-state index in [1.54, 1.807) is 0 Å². The summed E-state index contributed by atoms with van der Waals surface area (Å²) in [5.41, 5.74) is 0. The van der Waals surface area contributed by atoms with Crippen molar-refractivity contribution in [2.45, 2.75) is 83.2 Å². The van der Waals surface area contributed by atoms with Crippen LogP contribution in [-0.2, 0) is 4.74 Å². The molecule has 2 heterocycles. The minimum atomic E-state index is 0.554. The number of ether oxygens (including phenoxy) is 1. The van der Waals surface area contributed by atoms with Crippen LogP contribution in [0.25, 0.3) is 0 Å². The number of piperidine rings is 1. The van der Waals surface area contributed by atoms with Crippen molar-refractivity contribution < 1.29 is 4.74 Å². The standard InChI is InChI=1S/C23H44N4O/c1-24-23(25-14-7-3-10-18-28-22-11-5-2-6-12-22)27-17-13-21(20-27)19-26-15-8-4-9-16-26/h21-22H,2-20H2,1H3,(H,24,25). The van der Waals surface area contributed by atoms with Crippen molar-refractivity contribution in [1.82, 2.24) is 15.1 Å². The van der Waals surface area contributed by atoms with Crippen LogP contribution in [-0.4, -0.2) is 74.8 Å². The van der Waals surface area contributed by atoms with Crippen LogP contribution in [0, 0.1) is 5.92 Å². The maximum absolute atomic E-state index is 6.03. The number of aliphatic imine (C=N–C) groups is 1. The van der Waals surface area contributed by atoms with E-state index in [9.17, 15) is 0 Å². The normalized spacial score (nSPS) is 25.4. The van der Waals surface area contributed by atoms with E-state index in [4.69, 9.17) is 4.74 Å². The van der Waals surface area contributed by atoms with Crippen LogP contribution in [0.4, 0.5) is 0 Å². The molecule has 162 valence electrons. The number of nitrogens with one attached hydrogen (secondary N) is 1. The van der Waals surface area contributed by atoms with Gasteiger partial charge in [-0.3, -0.25) is 4.99 Å². The molecule has 0 aromatic heterocycles. The molecule has 1 aliphatic carbocycles. The fourth-order valence-electron chi connectivity index (χ4n) is 5.10.